The zero-order valence-corrected chi connectivity index (χ0v) is 11.9. The molecule has 1 unspecified atom stereocenters. The van der Waals surface area contributed by atoms with Gasteiger partial charge in [-0.3, -0.25) is 16.0 Å². The van der Waals surface area contributed by atoms with Gasteiger partial charge in [-0.1, -0.05) is 11.6 Å². The number of aromatic nitrogens is 2. The van der Waals surface area contributed by atoms with Gasteiger partial charge in [-0.15, -0.1) is 0 Å². The Bertz CT molecular complexity index is 607. The number of hydrogen-bond donors (Lipinski definition) is 2. The Kier molecular flexibility index (Phi) is 4.37. The maximum absolute atomic E-state index is 13.3. The topological polar surface area (TPSA) is 55.9 Å². The molecule has 0 bridgehead atoms. The highest BCUT2D eigenvalue weighted by Crippen LogP contribution is 2.26. The van der Waals surface area contributed by atoms with Crippen molar-refractivity contribution in [1.29, 1.82) is 0 Å². The van der Waals surface area contributed by atoms with Crippen LogP contribution in [-0.4, -0.2) is 9.78 Å². The predicted octanol–water partition coefficient (Wildman–Crippen LogP) is 2.41. The summed E-state index contributed by atoms with van der Waals surface area (Å²) in [5.74, 6) is 4.21. The second-order valence-corrected chi connectivity index (χ2v) is 4.96. The smallest absolute Gasteiger partial charge is 0.130 e. The van der Waals surface area contributed by atoms with Crippen LogP contribution in [0.15, 0.2) is 18.2 Å². The summed E-state index contributed by atoms with van der Waals surface area (Å²) in [4.78, 5) is 0. The van der Waals surface area contributed by atoms with Crippen LogP contribution in [0.2, 0.25) is 5.15 Å². The quantitative estimate of drug-likeness (QED) is 0.673. The molecule has 3 N–H and O–H groups in total. The first-order valence-corrected chi connectivity index (χ1v) is 6.40. The highest BCUT2D eigenvalue weighted by atomic mass is 35.5. The molecule has 0 saturated heterocycles. The molecule has 1 aromatic heterocycles. The van der Waals surface area contributed by atoms with Crippen LogP contribution in [0, 0.1) is 18.6 Å². The van der Waals surface area contributed by atoms with Gasteiger partial charge in [-0.25, -0.2) is 8.78 Å². The van der Waals surface area contributed by atoms with Gasteiger partial charge < -0.3 is 0 Å². The van der Waals surface area contributed by atoms with E-state index in [1.807, 2.05) is 6.92 Å². The molecular weight excluding hydrogens is 286 g/mol. The van der Waals surface area contributed by atoms with E-state index in [2.05, 4.69) is 10.5 Å². The fourth-order valence-corrected chi connectivity index (χ4v) is 2.41. The number of aryl methyl sites for hydroxylation is 2. The van der Waals surface area contributed by atoms with Gasteiger partial charge in [0.1, 0.15) is 16.8 Å². The third kappa shape index (κ3) is 2.98. The van der Waals surface area contributed by atoms with Gasteiger partial charge in [0.2, 0.25) is 0 Å². The molecule has 1 heterocycles. The maximum Gasteiger partial charge on any atom is 0.130 e. The van der Waals surface area contributed by atoms with E-state index in [-0.39, 0.29) is 0 Å². The van der Waals surface area contributed by atoms with E-state index in [0.717, 1.165) is 17.3 Å². The minimum atomic E-state index is -0.644. The lowest BCUT2D eigenvalue weighted by Gasteiger charge is -2.16. The largest absolute Gasteiger partial charge is 0.271 e. The Hall–Kier alpha value is -1.50. The lowest BCUT2D eigenvalue weighted by Crippen LogP contribution is -2.30. The molecule has 0 saturated carbocycles. The lowest BCUT2D eigenvalue weighted by molar-refractivity contribution is 0.529. The van der Waals surface area contributed by atoms with Crippen molar-refractivity contribution in [3.05, 3.63) is 51.8 Å². The molecule has 108 valence electrons. The van der Waals surface area contributed by atoms with Crippen LogP contribution in [0.1, 0.15) is 22.9 Å². The molecule has 0 radical (unpaired) electrons. The van der Waals surface area contributed by atoms with Crippen molar-refractivity contribution in [2.45, 2.75) is 19.4 Å². The summed E-state index contributed by atoms with van der Waals surface area (Å²) >= 11 is 6.15. The number of nitrogens with two attached hydrogens (primary N) is 1. The van der Waals surface area contributed by atoms with Crippen molar-refractivity contribution in [1.82, 2.24) is 15.2 Å². The van der Waals surface area contributed by atoms with E-state index in [1.165, 1.54) is 12.1 Å². The van der Waals surface area contributed by atoms with Gasteiger partial charge in [0.15, 0.2) is 0 Å². The Labute approximate surface area is 120 Å². The minimum Gasteiger partial charge on any atom is -0.271 e. The first-order chi connectivity index (χ1) is 9.42. The zero-order chi connectivity index (χ0) is 14.9. The molecular formula is C13H15ClF2N4. The van der Waals surface area contributed by atoms with Crippen molar-refractivity contribution >= 4 is 11.6 Å². The summed E-state index contributed by atoms with van der Waals surface area (Å²) < 4.78 is 28.1. The van der Waals surface area contributed by atoms with E-state index >= 15 is 0 Å². The monoisotopic (exact) mass is 300 g/mol. The van der Waals surface area contributed by atoms with Crippen molar-refractivity contribution in [2.75, 3.05) is 0 Å². The van der Waals surface area contributed by atoms with Gasteiger partial charge >= 0.3 is 0 Å². The third-order valence-electron chi connectivity index (χ3n) is 3.17. The predicted molar refractivity (Wildman–Crippen MR) is 73.1 cm³/mol. The first kappa shape index (κ1) is 14.9. The summed E-state index contributed by atoms with van der Waals surface area (Å²) in [5, 5.41) is 4.68. The molecule has 1 aromatic carbocycles. The molecule has 4 nitrogen and oxygen atoms in total. The molecule has 20 heavy (non-hydrogen) atoms. The van der Waals surface area contributed by atoms with E-state index < -0.39 is 17.7 Å². The van der Waals surface area contributed by atoms with E-state index in [1.54, 1.807) is 11.7 Å². The number of nitrogens with one attached hydrogen (secondary N) is 1. The van der Waals surface area contributed by atoms with Crippen molar-refractivity contribution in [2.24, 2.45) is 12.9 Å². The number of halogens is 3. The molecule has 0 spiro atoms. The van der Waals surface area contributed by atoms with Crippen molar-refractivity contribution in [3.8, 4) is 0 Å². The van der Waals surface area contributed by atoms with E-state index in [9.17, 15) is 8.78 Å². The Balaban J connectivity index is 2.33. The van der Waals surface area contributed by atoms with Crippen LogP contribution in [0.25, 0.3) is 0 Å². The number of nitrogens with zero attached hydrogens (tertiary/aromatic N) is 2. The van der Waals surface area contributed by atoms with E-state index in [4.69, 9.17) is 17.4 Å². The van der Waals surface area contributed by atoms with Crippen molar-refractivity contribution < 1.29 is 8.78 Å². The zero-order valence-electron chi connectivity index (χ0n) is 11.1. The van der Waals surface area contributed by atoms with E-state index in [0.29, 0.717) is 17.1 Å². The highest BCUT2D eigenvalue weighted by molar-refractivity contribution is 6.30. The van der Waals surface area contributed by atoms with Gasteiger partial charge in [0.05, 0.1) is 11.7 Å². The standard InChI is InChI=1S/C13H15ClF2N4/c1-7-11(13(14)20(2)19-7)6-12(18-17)8-3-9(15)5-10(16)4-8/h3-5,12,18H,6,17H2,1-2H3. The molecule has 0 aliphatic heterocycles. The maximum atomic E-state index is 13.3. The van der Waals surface area contributed by atoms with Crippen LogP contribution >= 0.6 is 11.6 Å². The Morgan fingerprint density at radius 1 is 1.35 bits per heavy atom. The number of hydrazine groups is 1. The fourth-order valence-electron chi connectivity index (χ4n) is 2.16. The number of rotatable bonds is 4. The Morgan fingerprint density at radius 2 is 1.95 bits per heavy atom. The third-order valence-corrected chi connectivity index (χ3v) is 3.64. The first-order valence-electron chi connectivity index (χ1n) is 6.02. The van der Waals surface area contributed by atoms with Crippen LogP contribution in [0.3, 0.4) is 0 Å². The minimum absolute atomic E-state index is 0.387. The summed E-state index contributed by atoms with van der Waals surface area (Å²) in [6, 6.07) is 2.85. The molecule has 1 atom stereocenters. The molecule has 7 heteroatoms. The van der Waals surface area contributed by atoms with Gasteiger partial charge in [-0.05, 0) is 31.0 Å². The molecule has 0 aliphatic carbocycles. The van der Waals surface area contributed by atoms with Gasteiger partial charge in [0.25, 0.3) is 0 Å². The summed E-state index contributed by atoms with van der Waals surface area (Å²) in [6.07, 6.45) is 0.387. The second kappa shape index (κ2) is 5.87. The summed E-state index contributed by atoms with van der Waals surface area (Å²) in [5.41, 5.74) is 4.53. The second-order valence-electron chi connectivity index (χ2n) is 4.60. The van der Waals surface area contributed by atoms with Crippen LogP contribution in [0.5, 0.6) is 0 Å². The Morgan fingerprint density at radius 3 is 2.40 bits per heavy atom. The van der Waals surface area contributed by atoms with Crippen molar-refractivity contribution in [3.63, 3.8) is 0 Å². The average molecular weight is 301 g/mol. The number of hydrogen-bond acceptors (Lipinski definition) is 3. The molecule has 2 rings (SSSR count). The summed E-state index contributed by atoms with van der Waals surface area (Å²) in [6.45, 7) is 1.82. The number of benzene rings is 1. The summed E-state index contributed by atoms with van der Waals surface area (Å²) in [7, 11) is 1.73. The molecule has 0 fully saturated rings. The SMILES string of the molecule is Cc1nn(C)c(Cl)c1CC(NN)c1cc(F)cc(F)c1. The van der Waals surface area contributed by atoms with Gasteiger partial charge in [-0.2, -0.15) is 5.10 Å². The van der Waals surface area contributed by atoms with Gasteiger partial charge in [0, 0.05) is 18.7 Å². The normalized spacial score (nSPS) is 12.7. The lowest BCUT2D eigenvalue weighted by atomic mass is 9.99. The van der Waals surface area contributed by atoms with Crippen LogP contribution in [-0.2, 0) is 13.5 Å². The molecule has 0 amide bonds. The average Bonchev–Trinajstić information content (AvgIpc) is 2.60. The van der Waals surface area contributed by atoms with Crippen LogP contribution < -0.4 is 11.3 Å². The van der Waals surface area contributed by atoms with Crippen LogP contribution in [0.4, 0.5) is 8.78 Å². The fraction of sp³-hybridized carbons (Fsp3) is 0.308. The molecule has 2 aromatic rings. The molecule has 0 aliphatic rings. The highest BCUT2D eigenvalue weighted by Gasteiger charge is 2.19.